The number of imide groups is 1. The standard InChI is InChI=1S/C28H25N3O8/c1-15-6-3-4-8-19(15)30-25(33)21-22(26(30)34)28(27(35)36,14-16-10-12-17(13-11-16)31(37)38)29-23(21)18-7-5-9-20(39-2)24(18)32/h3-13,21-23,29,32H,14H2,1-2H3,(H,35,36). The number of nitrogens with zero attached hydrogens (tertiary/aromatic N) is 2. The molecule has 200 valence electrons. The number of carboxylic acid groups (broad SMARTS) is 1. The zero-order valence-electron chi connectivity index (χ0n) is 21.0. The number of nitrogens with one attached hydrogen (secondary N) is 1. The molecule has 4 unspecified atom stereocenters. The number of anilines is 1. The maximum atomic E-state index is 14.0. The van der Waals surface area contributed by atoms with Crippen LogP contribution < -0.4 is 15.0 Å². The molecular weight excluding hydrogens is 506 g/mol. The van der Waals surface area contributed by atoms with Gasteiger partial charge in [0.1, 0.15) is 5.54 Å². The molecule has 2 amide bonds. The highest BCUT2D eigenvalue weighted by molar-refractivity contribution is 6.24. The topological polar surface area (TPSA) is 159 Å². The fourth-order valence-corrected chi connectivity index (χ4v) is 5.77. The summed E-state index contributed by atoms with van der Waals surface area (Å²) < 4.78 is 5.22. The number of para-hydroxylation sites is 2. The third-order valence-corrected chi connectivity index (χ3v) is 7.61. The summed E-state index contributed by atoms with van der Waals surface area (Å²) in [5.41, 5.74) is -0.499. The number of rotatable bonds is 7. The summed E-state index contributed by atoms with van der Waals surface area (Å²) in [4.78, 5) is 52.6. The van der Waals surface area contributed by atoms with E-state index in [-0.39, 0.29) is 29.2 Å². The summed E-state index contributed by atoms with van der Waals surface area (Å²) >= 11 is 0. The lowest BCUT2D eigenvalue weighted by Gasteiger charge is -2.31. The summed E-state index contributed by atoms with van der Waals surface area (Å²) in [7, 11) is 1.37. The molecule has 2 aliphatic rings. The Balaban J connectivity index is 1.68. The summed E-state index contributed by atoms with van der Waals surface area (Å²) in [6, 6.07) is 15.8. The number of aryl methyl sites for hydroxylation is 1. The largest absolute Gasteiger partial charge is 0.504 e. The number of non-ortho nitro benzene ring substituents is 1. The Kier molecular flexibility index (Phi) is 6.31. The highest BCUT2D eigenvalue weighted by Gasteiger charge is 2.69. The normalized spacial score (nSPS) is 24.1. The average Bonchev–Trinajstić information content (AvgIpc) is 3.38. The number of nitro benzene ring substituents is 1. The van der Waals surface area contributed by atoms with Crippen molar-refractivity contribution in [1.29, 1.82) is 0 Å². The average molecular weight is 532 g/mol. The molecule has 0 saturated carbocycles. The molecule has 3 aromatic rings. The van der Waals surface area contributed by atoms with Crippen LogP contribution in [0.3, 0.4) is 0 Å². The van der Waals surface area contributed by atoms with Crippen molar-refractivity contribution in [3.63, 3.8) is 0 Å². The van der Waals surface area contributed by atoms with Crippen molar-refractivity contribution in [1.82, 2.24) is 5.32 Å². The minimum atomic E-state index is -1.97. The number of carboxylic acids is 1. The highest BCUT2D eigenvalue weighted by atomic mass is 16.6. The molecule has 4 atom stereocenters. The van der Waals surface area contributed by atoms with E-state index in [0.717, 1.165) is 4.90 Å². The van der Waals surface area contributed by atoms with Gasteiger partial charge in [-0.15, -0.1) is 0 Å². The molecule has 5 rings (SSSR count). The Hall–Kier alpha value is -4.77. The molecule has 39 heavy (non-hydrogen) atoms. The molecule has 2 saturated heterocycles. The molecular formula is C28H25N3O8. The van der Waals surface area contributed by atoms with Gasteiger partial charge in [0.25, 0.3) is 5.69 Å². The number of fused-ring (bicyclic) bond motifs is 1. The summed E-state index contributed by atoms with van der Waals surface area (Å²) in [6.07, 6.45) is -0.247. The van der Waals surface area contributed by atoms with Crippen LogP contribution in [0.25, 0.3) is 0 Å². The Morgan fingerprint density at radius 1 is 1.08 bits per heavy atom. The number of methoxy groups -OCH3 is 1. The first-order valence-corrected chi connectivity index (χ1v) is 12.1. The number of hydrogen-bond donors (Lipinski definition) is 3. The van der Waals surface area contributed by atoms with Gasteiger partial charge in [-0.1, -0.05) is 42.5 Å². The molecule has 0 bridgehead atoms. The lowest BCUT2D eigenvalue weighted by atomic mass is 9.76. The number of aliphatic carboxylic acids is 1. The summed E-state index contributed by atoms with van der Waals surface area (Å²) in [5, 5.41) is 35.7. The number of hydrogen-bond acceptors (Lipinski definition) is 8. The quantitative estimate of drug-likeness (QED) is 0.236. The van der Waals surface area contributed by atoms with Gasteiger partial charge in [-0.2, -0.15) is 0 Å². The third kappa shape index (κ3) is 3.98. The second-order valence-corrected chi connectivity index (χ2v) is 9.70. The fraction of sp³-hybridized carbons (Fsp3) is 0.250. The van der Waals surface area contributed by atoms with Crippen LogP contribution in [0.5, 0.6) is 11.5 Å². The Morgan fingerprint density at radius 2 is 1.77 bits per heavy atom. The number of ether oxygens (including phenoxy) is 1. The van der Waals surface area contributed by atoms with Gasteiger partial charge in [0.05, 0.1) is 29.6 Å². The molecule has 0 aromatic heterocycles. The predicted octanol–water partition coefficient (Wildman–Crippen LogP) is 3.13. The van der Waals surface area contributed by atoms with Crippen molar-refractivity contribution in [3.05, 3.63) is 93.5 Å². The van der Waals surface area contributed by atoms with Crippen molar-refractivity contribution in [3.8, 4) is 11.5 Å². The van der Waals surface area contributed by atoms with Gasteiger partial charge in [0.2, 0.25) is 11.8 Å². The molecule has 11 nitrogen and oxygen atoms in total. The molecule has 0 spiro atoms. The van der Waals surface area contributed by atoms with E-state index in [1.165, 1.54) is 37.4 Å². The van der Waals surface area contributed by atoms with Gasteiger partial charge in [-0.25, -0.2) is 4.90 Å². The first kappa shape index (κ1) is 25.9. The minimum Gasteiger partial charge on any atom is -0.504 e. The van der Waals surface area contributed by atoms with E-state index < -0.39 is 46.1 Å². The van der Waals surface area contributed by atoms with Crippen LogP contribution >= 0.6 is 0 Å². The van der Waals surface area contributed by atoms with Crippen LogP contribution in [-0.2, 0) is 20.8 Å². The van der Waals surface area contributed by atoms with Crippen LogP contribution in [0.15, 0.2) is 66.7 Å². The zero-order chi connectivity index (χ0) is 28.1. The fourth-order valence-electron chi connectivity index (χ4n) is 5.77. The van der Waals surface area contributed by atoms with Gasteiger partial charge < -0.3 is 14.9 Å². The minimum absolute atomic E-state index is 0.126. The van der Waals surface area contributed by atoms with E-state index in [9.17, 15) is 34.7 Å². The van der Waals surface area contributed by atoms with Gasteiger partial charge in [-0.3, -0.25) is 29.8 Å². The van der Waals surface area contributed by atoms with E-state index in [4.69, 9.17) is 4.74 Å². The third-order valence-electron chi connectivity index (χ3n) is 7.61. The van der Waals surface area contributed by atoms with Crippen LogP contribution in [0.2, 0.25) is 0 Å². The first-order valence-electron chi connectivity index (χ1n) is 12.1. The number of carbonyl (C=O) groups is 3. The second-order valence-electron chi connectivity index (χ2n) is 9.70. The smallest absolute Gasteiger partial charge is 0.325 e. The number of phenolic OH excluding ortho intramolecular Hbond substituents is 1. The summed E-state index contributed by atoms with van der Waals surface area (Å²) in [5.74, 6) is -5.29. The van der Waals surface area contributed by atoms with Gasteiger partial charge in [0.15, 0.2) is 11.5 Å². The van der Waals surface area contributed by atoms with Crippen molar-refractivity contribution >= 4 is 29.2 Å². The molecule has 11 heteroatoms. The molecule has 2 fully saturated rings. The van der Waals surface area contributed by atoms with E-state index in [2.05, 4.69) is 5.32 Å². The summed E-state index contributed by atoms with van der Waals surface area (Å²) in [6.45, 7) is 1.74. The number of benzene rings is 3. The molecule has 3 N–H and O–H groups in total. The second kappa shape index (κ2) is 9.52. The number of nitro groups is 1. The first-order chi connectivity index (χ1) is 18.6. The molecule has 0 radical (unpaired) electrons. The maximum absolute atomic E-state index is 14.0. The van der Waals surface area contributed by atoms with Gasteiger partial charge >= 0.3 is 5.97 Å². The van der Waals surface area contributed by atoms with E-state index >= 15 is 0 Å². The zero-order valence-corrected chi connectivity index (χ0v) is 21.0. The predicted molar refractivity (Wildman–Crippen MR) is 138 cm³/mol. The number of phenols is 1. The molecule has 0 aliphatic carbocycles. The number of amides is 2. The van der Waals surface area contributed by atoms with Gasteiger partial charge in [-0.05, 0) is 30.2 Å². The van der Waals surface area contributed by atoms with Crippen molar-refractivity contribution < 1.29 is 34.3 Å². The van der Waals surface area contributed by atoms with Crippen LogP contribution in [0, 0.1) is 28.9 Å². The van der Waals surface area contributed by atoms with Crippen LogP contribution in [0.4, 0.5) is 11.4 Å². The monoisotopic (exact) mass is 531 g/mol. The Bertz CT molecular complexity index is 1500. The number of carbonyl (C=O) groups excluding carboxylic acids is 2. The van der Waals surface area contributed by atoms with Crippen molar-refractivity contribution in [2.45, 2.75) is 24.9 Å². The van der Waals surface area contributed by atoms with E-state index in [1.54, 1.807) is 43.3 Å². The Labute approximate surface area is 222 Å². The highest BCUT2D eigenvalue weighted by Crippen LogP contribution is 2.53. The van der Waals surface area contributed by atoms with Crippen LogP contribution in [0.1, 0.15) is 22.7 Å². The Morgan fingerprint density at radius 3 is 2.38 bits per heavy atom. The lowest BCUT2D eigenvalue weighted by molar-refractivity contribution is -0.384. The molecule has 2 aliphatic heterocycles. The maximum Gasteiger partial charge on any atom is 0.325 e. The van der Waals surface area contributed by atoms with Gasteiger partial charge in [0, 0.05) is 30.2 Å². The van der Waals surface area contributed by atoms with E-state index in [1.807, 2.05) is 0 Å². The van der Waals surface area contributed by atoms with Crippen molar-refractivity contribution in [2.24, 2.45) is 11.8 Å². The molecule has 3 aromatic carbocycles. The lowest BCUT2D eigenvalue weighted by Crippen LogP contribution is -2.57. The molecule has 2 heterocycles. The van der Waals surface area contributed by atoms with Crippen molar-refractivity contribution in [2.75, 3.05) is 12.0 Å². The van der Waals surface area contributed by atoms with Crippen LogP contribution in [-0.4, -0.2) is 45.6 Å². The SMILES string of the molecule is COc1cccc(C2NC(Cc3ccc([N+](=O)[O-])cc3)(C(=O)O)C3C(=O)N(c4ccccc4C)C(=O)C23)c1O. The number of aromatic hydroxyl groups is 1. The van der Waals surface area contributed by atoms with E-state index in [0.29, 0.717) is 16.8 Å².